The van der Waals surface area contributed by atoms with Crippen molar-refractivity contribution in [3.05, 3.63) is 88.4 Å². The fraction of sp³-hybridized carbons (Fsp3) is 0.355. The molecule has 0 spiro atoms. The van der Waals surface area contributed by atoms with Gasteiger partial charge in [0.15, 0.2) is 0 Å². The van der Waals surface area contributed by atoms with Crippen molar-refractivity contribution in [2.24, 2.45) is 0 Å². The molecule has 224 valence electrons. The number of halogens is 2. The molecule has 1 N–H and O–H groups in total. The second kappa shape index (κ2) is 14.3. The van der Waals surface area contributed by atoms with E-state index in [4.69, 9.17) is 27.9 Å². The maximum atomic E-state index is 14.1. The van der Waals surface area contributed by atoms with E-state index in [1.807, 2.05) is 0 Å². The SMILES string of the molecule is COc1ccc(CN(C(=O)CN(c2ccc(Cl)cc2Cl)S(=O)(=O)c2ccccc2)[C@H](C)C(=O)NC2CCCCC2)cc1. The van der Waals surface area contributed by atoms with Crippen LogP contribution in [-0.2, 0) is 26.2 Å². The zero-order valence-electron chi connectivity index (χ0n) is 23.6. The van der Waals surface area contributed by atoms with Crippen molar-refractivity contribution in [1.29, 1.82) is 0 Å². The number of benzene rings is 3. The summed E-state index contributed by atoms with van der Waals surface area (Å²) in [5, 5.41) is 3.48. The lowest BCUT2D eigenvalue weighted by Gasteiger charge is -2.33. The van der Waals surface area contributed by atoms with Crippen molar-refractivity contribution in [3.8, 4) is 5.75 Å². The first-order valence-electron chi connectivity index (χ1n) is 13.9. The molecule has 0 bridgehead atoms. The van der Waals surface area contributed by atoms with Crippen LogP contribution < -0.4 is 14.4 Å². The molecule has 1 aliphatic rings. The summed E-state index contributed by atoms with van der Waals surface area (Å²) < 4.78 is 34.0. The Morgan fingerprint density at radius 2 is 1.64 bits per heavy atom. The zero-order valence-corrected chi connectivity index (χ0v) is 26.0. The van der Waals surface area contributed by atoms with Crippen molar-refractivity contribution < 1.29 is 22.7 Å². The number of hydrogen-bond donors (Lipinski definition) is 1. The van der Waals surface area contributed by atoms with E-state index in [0.717, 1.165) is 42.0 Å². The predicted octanol–water partition coefficient (Wildman–Crippen LogP) is 6.06. The van der Waals surface area contributed by atoms with Crippen LogP contribution in [0.15, 0.2) is 77.7 Å². The van der Waals surface area contributed by atoms with Crippen LogP contribution in [0.4, 0.5) is 5.69 Å². The van der Waals surface area contributed by atoms with Gasteiger partial charge in [0.2, 0.25) is 11.8 Å². The van der Waals surface area contributed by atoms with Crippen molar-refractivity contribution in [3.63, 3.8) is 0 Å². The third kappa shape index (κ3) is 7.76. The van der Waals surface area contributed by atoms with Gasteiger partial charge in [0.1, 0.15) is 18.3 Å². The van der Waals surface area contributed by atoms with Gasteiger partial charge in [0, 0.05) is 17.6 Å². The number of hydrogen-bond acceptors (Lipinski definition) is 5. The summed E-state index contributed by atoms with van der Waals surface area (Å²) >= 11 is 12.6. The molecule has 0 radical (unpaired) electrons. The molecule has 3 aromatic carbocycles. The molecule has 0 saturated heterocycles. The number of carbonyl (C=O) groups excluding carboxylic acids is 2. The Morgan fingerprint density at radius 3 is 2.26 bits per heavy atom. The normalized spacial score (nSPS) is 14.6. The largest absolute Gasteiger partial charge is 0.497 e. The maximum Gasteiger partial charge on any atom is 0.264 e. The summed E-state index contributed by atoms with van der Waals surface area (Å²) in [6.07, 6.45) is 5.01. The van der Waals surface area contributed by atoms with E-state index in [1.54, 1.807) is 56.5 Å². The highest BCUT2D eigenvalue weighted by atomic mass is 35.5. The first-order chi connectivity index (χ1) is 20.1. The summed E-state index contributed by atoms with van der Waals surface area (Å²) in [5.41, 5.74) is 0.852. The van der Waals surface area contributed by atoms with Gasteiger partial charge in [-0.05, 0) is 67.8 Å². The van der Waals surface area contributed by atoms with E-state index < -0.39 is 28.5 Å². The van der Waals surface area contributed by atoms with E-state index in [1.165, 1.54) is 35.2 Å². The number of sulfonamides is 1. The highest BCUT2D eigenvalue weighted by molar-refractivity contribution is 7.92. The Balaban J connectivity index is 1.69. The maximum absolute atomic E-state index is 14.1. The number of rotatable bonds is 11. The number of amides is 2. The summed E-state index contributed by atoms with van der Waals surface area (Å²) in [5.74, 6) is -0.203. The van der Waals surface area contributed by atoms with Crippen LogP contribution in [-0.4, -0.2) is 50.9 Å². The molecule has 0 aliphatic heterocycles. The molecule has 0 aromatic heterocycles. The van der Waals surface area contributed by atoms with Crippen molar-refractivity contribution in [1.82, 2.24) is 10.2 Å². The number of anilines is 1. The molecule has 3 aromatic rings. The molecule has 2 amide bonds. The number of nitrogens with one attached hydrogen (secondary N) is 1. The second-order valence-electron chi connectivity index (χ2n) is 10.3. The molecule has 42 heavy (non-hydrogen) atoms. The molecule has 1 atom stereocenters. The van der Waals surface area contributed by atoms with Crippen LogP contribution in [0.1, 0.15) is 44.6 Å². The lowest BCUT2D eigenvalue weighted by atomic mass is 9.95. The van der Waals surface area contributed by atoms with Crippen LogP contribution >= 0.6 is 23.2 Å². The molecule has 1 aliphatic carbocycles. The van der Waals surface area contributed by atoms with Crippen molar-refractivity contribution >= 4 is 50.7 Å². The summed E-state index contributed by atoms with van der Waals surface area (Å²) in [7, 11) is -2.67. The third-order valence-corrected chi connectivity index (χ3v) is 9.73. The van der Waals surface area contributed by atoms with Gasteiger partial charge in [0.25, 0.3) is 10.0 Å². The average Bonchev–Trinajstić information content (AvgIpc) is 2.99. The minimum absolute atomic E-state index is 0.00592. The summed E-state index contributed by atoms with van der Waals surface area (Å²) in [6, 6.07) is 18.5. The van der Waals surface area contributed by atoms with Crippen LogP contribution in [0.3, 0.4) is 0 Å². The standard InChI is InChI=1S/C31H35Cl2N3O5S/c1-22(31(38)34-25-9-5-3-6-10-25)35(20-23-13-16-26(41-2)17-14-23)30(37)21-36(29-18-15-24(32)19-28(29)33)42(39,40)27-11-7-4-8-12-27/h4,7-8,11-19,22,25H,3,5-6,9-10,20-21H2,1-2H3,(H,34,38)/t22-/m1/s1. The van der Waals surface area contributed by atoms with Gasteiger partial charge in [-0.1, -0.05) is 72.8 Å². The molecule has 1 fully saturated rings. The van der Waals surface area contributed by atoms with E-state index in [-0.39, 0.29) is 34.1 Å². The number of ether oxygens (including phenoxy) is 1. The smallest absolute Gasteiger partial charge is 0.264 e. The van der Waals surface area contributed by atoms with Gasteiger partial charge in [-0.25, -0.2) is 8.42 Å². The highest BCUT2D eigenvalue weighted by Crippen LogP contribution is 2.33. The van der Waals surface area contributed by atoms with Crippen molar-refractivity contribution in [2.45, 2.75) is 62.6 Å². The number of carbonyl (C=O) groups is 2. The quantitative estimate of drug-likeness (QED) is 0.277. The number of nitrogens with zero attached hydrogens (tertiary/aromatic N) is 2. The Bertz CT molecular complexity index is 1480. The van der Waals surface area contributed by atoms with Gasteiger partial charge in [-0.15, -0.1) is 0 Å². The molecule has 11 heteroatoms. The van der Waals surface area contributed by atoms with Crippen LogP contribution in [0, 0.1) is 0 Å². The van der Waals surface area contributed by atoms with Gasteiger partial charge in [-0.3, -0.25) is 13.9 Å². The topological polar surface area (TPSA) is 96.0 Å². The lowest BCUT2D eigenvalue weighted by molar-refractivity contribution is -0.139. The number of methoxy groups -OCH3 is 1. The van der Waals surface area contributed by atoms with Gasteiger partial charge in [-0.2, -0.15) is 0 Å². The molecular weight excluding hydrogens is 597 g/mol. The highest BCUT2D eigenvalue weighted by Gasteiger charge is 2.34. The van der Waals surface area contributed by atoms with E-state index in [2.05, 4.69) is 5.32 Å². The molecule has 1 saturated carbocycles. The first kappa shape index (κ1) is 31.7. The summed E-state index contributed by atoms with van der Waals surface area (Å²) in [4.78, 5) is 28.9. The monoisotopic (exact) mass is 631 g/mol. The van der Waals surface area contributed by atoms with E-state index in [9.17, 15) is 18.0 Å². The molecule has 4 rings (SSSR count). The zero-order chi connectivity index (χ0) is 30.3. The van der Waals surface area contributed by atoms with E-state index in [0.29, 0.717) is 10.8 Å². The van der Waals surface area contributed by atoms with Gasteiger partial charge in [0.05, 0.1) is 22.7 Å². The Morgan fingerprint density at radius 1 is 0.976 bits per heavy atom. The third-order valence-electron chi connectivity index (χ3n) is 7.42. The van der Waals surface area contributed by atoms with Gasteiger partial charge >= 0.3 is 0 Å². The predicted molar refractivity (Wildman–Crippen MR) is 165 cm³/mol. The summed E-state index contributed by atoms with van der Waals surface area (Å²) in [6.45, 7) is 1.15. The Labute approximate surface area is 257 Å². The fourth-order valence-corrected chi connectivity index (χ4v) is 7.01. The Hall–Kier alpha value is -3.27. The van der Waals surface area contributed by atoms with E-state index >= 15 is 0 Å². The van der Waals surface area contributed by atoms with Crippen LogP contribution in [0.2, 0.25) is 10.0 Å². The molecule has 0 unspecified atom stereocenters. The first-order valence-corrected chi connectivity index (χ1v) is 16.1. The fourth-order valence-electron chi connectivity index (χ4n) is 5.00. The van der Waals surface area contributed by atoms with Gasteiger partial charge < -0.3 is 15.0 Å². The minimum Gasteiger partial charge on any atom is -0.497 e. The second-order valence-corrected chi connectivity index (χ2v) is 13.0. The molecule has 0 heterocycles. The Kier molecular flexibility index (Phi) is 10.8. The van der Waals surface area contributed by atoms with Crippen LogP contribution in [0.5, 0.6) is 5.75 Å². The molecular formula is C31H35Cl2N3O5S. The van der Waals surface area contributed by atoms with Crippen LogP contribution in [0.25, 0.3) is 0 Å². The molecule has 8 nitrogen and oxygen atoms in total. The lowest BCUT2D eigenvalue weighted by Crippen LogP contribution is -2.53. The average molecular weight is 633 g/mol. The minimum atomic E-state index is -4.23. The van der Waals surface area contributed by atoms with Crippen molar-refractivity contribution in [2.75, 3.05) is 18.0 Å².